The number of methoxy groups -OCH3 is 2. The summed E-state index contributed by atoms with van der Waals surface area (Å²) < 4.78 is 11.0. The van der Waals surface area contributed by atoms with Crippen LogP contribution in [0.25, 0.3) is 0 Å². The number of nitro benzene ring substituents is 1. The number of rotatable bonds is 6. The second-order valence-electron chi connectivity index (χ2n) is 8.32. The Bertz CT molecular complexity index is 1230. The van der Waals surface area contributed by atoms with Crippen molar-refractivity contribution in [2.75, 3.05) is 39.8 Å². The zero-order valence-corrected chi connectivity index (χ0v) is 19.6. The Morgan fingerprint density at radius 2 is 1.71 bits per heavy atom. The molecule has 0 saturated heterocycles. The van der Waals surface area contributed by atoms with Gasteiger partial charge in [-0.15, -0.1) is 0 Å². The topological polar surface area (TPSA) is 85.2 Å². The fraction of sp³-hybridized carbons (Fsp3) is 0.269. The first kappa shape index (κ1) is 23.1. The largest absolute Gasteiger partial charge is 0.493 e. The molecule has 8 heteroatoms. The Morgan fingerprint density at radius 3 is 2.32 bits per heavy atom. The van der Waals surface area contributed by atoms with Gasteiger partial charge in [-0.3, -0.25) is 14.9 Å². The van der Waals surface area contributed by atoms with Gasteiger partial charge in [0.25, 0.3) is 11.6 Å². The van der Waals surface area contributed by atoms with Crippen molar-refractivity contribution >= 4 is 17.3 Å². The van der Waals surface area contributed by atoms with Crippen LogP contribution in [0.5, 0.6) is 11.5 Å². The van der Waals surface area contributed by atoms with Gasteiger partial charge in [-0.2, -0.15) is 0 Å². The smallest absolute Gasteiger partial charge is 0.293 e. The lowest BCUT2D eigenvalue weighted by molar-refractivity contribution is -0.384. The third kappa shape index (κ3) is 4.14. The minimum Gasteiger partial charge on any atom is -0.493 e. The van der Waals surface area contributed by atoms with Gasteiger partial charge in [0, 0.05) is 32.3 Å². The SMILES string of the molecule is COc1cc2c(cc1OC)[C@@H](c1ccccc1)N(C(=O)c1ccc(N(C)C)c([N+](=O)[O-])c1)CC2. The molecule has 34 heavy (non-hydrogen) atoms. The maximum atomic E-state index is 13.8. The molecule has 8 nitrogen and oxygen atoms in total. The molecule has 1 aliphatic rings. The van der Waals surface area contributed by atoms with E-state index in [1.54, 1.807) is 50.2 Å². The molecule has 0 aliphatic carbocycles. The van der Waals surface area contributed by atoms with Crippen LogP contribution in [0.1, 0.15) is 33.1 Å². The molecular formula is C26H27N3O5. The van der Waals surface area contributed by atoms with E-state index in [0.29, 0.717) is 30.2 Å². The second kappa shape index (κ2) is 9.43. The summed E-state index contributed by atoms with van der Waals surface area (Å²) in [6.07, 6.45) is 0.628. The number of ether oxygens (including phenoxy) is 2. The Hall–Kier alpha value is -4.07. The van der Waals surface area contributed by atoms with Gasteiger partial charge >= 0.3 is 0 Å². The summed E-state index contributed by atoms with van der Waals surface area (Å²) in [6, 6.07) is 17.9. The van der Waals surface area contributed by atoms with E-state index in [9.17, 15) is 14.9 Å². The third-order valence-corrected chi connectivity index (χ3v) is 6.15. The van der Waals surface area contributed by atoms with Crippen LogP contribution >= 0.6 is 0 Å². The monoisotopic (exact) mass is 461 g/mol. The lowest BCUT2D eigenvalue weighted by atomic mass is 9.87. The van der Waals surface area contributed by atoms with Crippen LogP contribution in [-0.2, 0) is 6.42 Å². The van der Waals surface area contributed by atoms with E-state index in [4.69, 9.17) is 9.47 Å². The number of carbonyl (C=O) groups excluding carboxylic acids is 1. The average Bonchev–Trinajstić information content (AvgIpc) is 2.86. The lowest BCUT2D eigenvalue weighted by Crippen LogP contribution is -2.40. The first-order chi connectivity index (χ1) is 16.3. The summed E-state index contributed by atoms with van der Waals surface area (Å²) in [5.41, 5.74) is 3.59. The Kier molecular flexibility index (Phi) is 6.40. The molecule has 0 N–H and O–H groups in total. The number of anilines is 1. The van der Waals surface area contributed by atoms with Crippen molar-refractivity contribution in [1.82, 2.24) is 4.90 Å². The fourth-order valence-corrected chi connectivity index (χ4v) is 4.51. The molecule has 0 bridgehead atoms. The van der Waals surface area contributed by atoms with E-state index in [2.05, 4.69) is 0 Å². The zero-order chi connectivity index (χ0) is 24.4. The molecular weight excluding hydrogens is 434 g/mol. The Balaban J connectivity index is 1.83. The van der Waals surface area contributed by atoms with Gasteiger partial charge in [0.15, 0.2) is 11.5 Å². The molecule has 0 aromatic heterocycles. The fourth-order valence-electron chi connectivity index (χ4n) is 4.51. The van der Waals surface area contributed by atoms with Crippen molar-refractivity contribution < 1.29 is 19.2 Å². The molecule has 1 heterocycles. The summed E-state index contributed by atoms with van der Waals surface area (Å²) in [5, 5.41) is 11.7. The number of benzene rings is 3. The number of nitrogens with zero attached hydrogens (tertiary/aromatic N) is 3. The van der Waals surface area contributed by atoms with E-state index in [0.717, 1.165) is 16.7 Å². The highest BCUT2D eigenvalue weighted by atomic mass is 16.6. The van der Waals surface area contributed by atoms with Crippen LogP contribution in [-0.4, -0.2) is 50.6 Å². The zero-order valence-electron chi connectivity index (χ0n) is 19.6. The van der Waals surface area contributed by atoms with Crippen LogP contribution < -0.4 is 14.4 Å². The molecule has 0 spiro atoms. The van der Waals surface area contributed by atoms with Crippen molar-refractivity contribution in [2.24, 2.45) is 0 Å². The maximum Gasteiger partial charge on any atom is 0.293 e. The molecule has 1 aliphatic heterocycles. The highest BCUT2D eigenvalue weighted by Crippen LogP contribution is 2.42. The van der Waals surface area contributed by atoms with Crippen molar-refractivity contribution in [3.63, 3.8) is 0 Å². The summed E-state index contributed by atoms with van der Waals surface area (Å²) in [5.74, 6) is 0.966. The highest BCUT2D eigenvalue weighted by Gasteiger charge is 2.34. The van der Waals surface area contributed by atoms with Crippen LogP contribution in [0, 0.1) is 10.1 Å². The first-order valence-electron chi connectivity index (χ1n) is 10.9. The average molecular weight is 462 g/mol. The van der Waals surface area contributed by atoms with Crippen LogP contribution in [0.15, 0.2) is 60.7 Å². The molecule has 1 amide bonds. The standard InChI is InChI=1S/C26H27N3O5/c1-27(2)21-11-10-19(14-22(21)29(31)32)26(30)28-13-12-18-15-23(33-3)24(34-4)16-20(18)25(28)17-8-6-5-7-9-17/h5-11,14-16,25H,12-13H2,1-4H3/t25-/m1/s1. The van der Waals surface area contributed by atoms with Crippen LogP contribution in [0.4, 0.5) is 11.4 Å². The van der Waals surface area contributed by atoms with Gasteiger partial charge in [0.05, 0.1) is 25.2 Å². The predicted octanol–water partition coefficient (Wildman–Crippen LogP) is 4.47. The minimum atomic E-state index is -0.455. The number of carbonyl (C=O) groups is 1. The van der Waals surface area contributed by atoms with Crippen molar-refractivity contribution in [3.05, 3.63) is 93.0 Å². The maximum absolute atomic E-state index is 13.8. The number of amides is 1. The van der Waals surface area contributed by atoms with Crippen molar-refractivity contribution in [1.29, 1.82) is 0 Å². The molecule has 4 rings (SSSR count). The molecule has 0 unspecified atom stereocenters. The van der Waals surface area contributed by atoms with Gasteiger partial charge in [-0.25, -0.2) is 0 Å². The third-order valence-electron chi connectivity index (χ3n) is 6.15. The molecule has 3 aromatic rings. The Labute approximate surface area is 198 Å². The van der Waals surface area contributed by atoms with Gasteiger partial charge in [-0.1, -0.05) is 30.3 Å². The number of nitro groups is 1. The second-order valence-corrected chi connectivity index (χ2v) is 8.32. The summed E-state index contributed by atoms with van der Waals surface area (Å²) >= 11 is 0. The molecule has 3 aromatic carbocycles. The number of hydrogen-bond acceptors (Lipinski definition) is 6. The van der Waals surface area contributed by atoms with Gasteiger partial charge in [-0.05, 0) is 47.4 Å². The summed E-state index contributed by atoms with van der Waals surface area (Å²) in [6.45, 7) is 0.462. The van der Waals surface area contributed by atoms with Gasteiger partial charge in [0.1, 0.15) is 5.69 Å². The van der Waals surface area contributed by atoms with Gasteiger partial charge < -0.3 is 19.3 Å². The van der Waals surface area contributed by atoms with E-state index < -0.39 is 4.92 Å². The summed E-state index contributed by atoms with van der Waals surface area (Å²) in [4.78, 5) is 28.4. The normalized spacial score (nSPS) is 14.8. The van der Waals surface area contributed by atoms with Crippen LogP contribution in [0.2, 0.25) is 0 Å². The predicted molar refractivity (Wildman–Crippen MR) is 130 cm³/mol. The molecule has 176 valence electrons. The number of hydrogen-bond donors (Lipinski definition) is 0. The van der Waals surface area contributed by atoms with E-state index in [-0.39, 0.29) is 23.2 Å². The minimum absolute atomic E-state index is 0.101. The van der Waals surface area contributed by atoms with Crippen molar-refractivity contribution in [2.45, 2.75) is 12.5 Å². The quantitative estimate of drug-likeness (QED) is 0.398. The van der Waals surface area contributed by atoms with Gasteiger partial charge in [0.2, 0.25) is 0 Å². The molecule has 0 fully saturated rings. The first-order valence-corrected chi connectivity index (χ1v) is 10.9. The molecule has 1 atom stereocenters. The van der Waals surface area contributed by atoms with Crippen LogP contribution in [0.3, 0.4) is 0 Å². The molecule has 0 saturated carbocycles. The Morgan fingerprint density at radius 1 is 1.03 bits per heavy atom. The number of fused-ring (bicyclic) bond motifs is 1. The van der Waals surface area contributed by atoms with E-state index >= 15 is 0 Å². The van der Waals surface area contributed by atoms with E-state index in [1.165, 1.54) is 6.07 Å². The van der Waals surface area contributed by atoms with Crippen molar-refractivity contribution in [3.8, 4) is 11.5 Å². The highest BCUT2D eigenvalue weighted by molar-refractivity contribution is 5.96. The van der Waals surface area contributed by atoms with E-state index in [1.807, 2.05) is 42.5 Å². The summed E-state index contributed by atoms with van der Waals surface area (Å²) in [7, 11) is 6.65. The lowest BCUT2D eigenvalue weighted by Gasteiger charge is -2.38. The molecule has 0 radical (unpaired) electrons.